The van der Waals surface area contributed by atoms with Crippen molar-refractivity contribution in [1.82, 2.24) is 9.13 Å². The van der Waals surface area contributed by atoms with E-state index in [1.165, 1.54) is 0 Å². The van der Waals surface area contributed by atoms with Crippen molar-refractivity contribution in [2.45, 2.75) is 12.4 Å². The second-order valence-corrected chi connectivity index (χ2v) is 6.92. The van der Waals surface area contributed by atoms with Crippen LogP contribution in [0.15, 0.2) is 107 Å². The zero-order chi connectivity index (χ0) is 24.9. The molecule has 0 aliphatic heterocycles. The van der Waals surface area contributed by atoms with Crippen LogP contribution >= 0.6 is 0 Å². The molecule has 4 nitrogen and oxygen atoms in total. The maximum atomic E-state index is 12.6. The van der Waals surface area contributed by atoms with Crippen molar-refractivity contribution >= 4 is 0 Å². The molecule has 0 aliphatic rings. The molecular formula is C24H16F6N2O2. The fourth-order valence-corrected chi connectivity index (χ4v) is 2.92. The van der Waals surface area contributed by atoms with Gasteiger partial charge in [0.25, 0.3) is 11.1 Å². The summed E-state index contributed by atoms with van der Waals surface area (Å²) in [6, 6.07) is 19.4. The quantitative estimate of drug-likeness (QED) is 0.347. The first-order valence-electron chi connectivity index (χ1n) is 9.67. The number of aromatic nitrogens is 2. The summed E-state index contributed by atoms with van der Waals surface area (Å²) in [6.07, 6.45) is -7.12. The van der Waals surface area contributed by atoms with E-state index in [2.05, 4.69) is 0 Å². The van der Waals surface area contributed by atoms with Gasteiger partial charge >= 0.3 is 12.4 Å². The predicted molar refractivity (Wildman–Crippen MR) is 114 cm³/mol. The number of benzene rings is 2. The highest BCUT2D eigenvalue weighted by molar-refractivity contribution is 5.38. The Morgan fingerprint density at radius 1 is 0.529 bits per heavy atom. The number of nitrogens with zero attached hydrogens (tertiary/aromatic N) is 2. The molecule has 0 aliphatic carbocycles. The second-order valence-electron chi connectivity index (χ2n) is 6.92. The van der Waals surface area contributed by atoms with Gasteiger partial charge in [-0.15, -0.1) is 0 Å². The summed E-state index contributed by atoms with van der Waals surface area (Å²) in [5, 5.41) is 0. The summed E-state index contributed by atoms with van der Waals surface area (Å²) in [5.41, 5.74) is -2.44. The van der Waals surface area contributed by atoms with Gasteiger partial charge in [-0.3, -0.25) is 18.7 Å². The Labute approximate surface area is 189 Å². The Balaban J connectivity index is 0.000000212. The molecule has 0 saturated heterocycles. The van der Waals surface area contributed by atoms with Gasteiger partial charge in [0.05, 0.1) is 11.1 Å². The summed E-state index contributed by atoms with van der Waals surface area (Å²) in [5.74, 6) is 0. The smallest absolute Gasteiger partial charge is 0.284 e. The van der Waals surface area contributed by atoms with E-state index in [9.17, 15) is 35.9 Å². The molecule has 0 N–H and O–H groups in total. The molecule has 2 aromatic carbocycles. The van der Waals surface area contributed by atoms with Crippen LogP contribution in [-0.4, -0.2) is 9.13 Å². The lowest BCUT2D eigenvalue weighted by molar-refractivity contribution is -0.138. The average molecular weight is 478 g/mol. The molecule has 2 aromatic heterocycles. The molecule has 0 spiro atoms. The molecule has 4 rings (SSSR count). The minimum atomic E-state index is -4.70. The minimum absolute atomic E-state index is 0.00583. The molecule has 0 fully saturated rings. The van der Waals surface area contributed by atoms with E-state index in [0.29, 0.717) is 29.0 Å². The van der Waals surface area contributed by atoms with Gasteiger partial charge < -0.3 is 0 Å². The van der Waals surface area contributed by atoms with E-state index in [4.69, 9.17) is 0 Å². The first-order valence-corrected chi connectivity index (χ1v) is 9.67. The molecule has 10 heteroatoms. The van der Waals surface area contributed by atoms with E-state index in [1.807, 2.05) is 36.4 Å². The first kappa shape index (κ1) is 24.6. The van der Waals surface area contributed by atoms with Crippen molar-refractivity contribution in [3.05, 3.63) is 129 Å². The van der Waals surface area contributed by atoms with Crippen molar-refractivity contribution in [2.75, 3.05) is 0 Å². The molecule has 2 heterocycles. The first-order chi connectivity index (χ1) is 16.0. The zero-order valence-corrected chi connectivity index (χ0v) is 17.2. The van der Waals surface area contributed by atoms with Gasteiger partial charge in [-0.25, -0.2) is 0 Å². The molecule has 0 atom stereocenters. The van der Waals surface area contributed by atoms with E-state index in [0.717, 1.165) is 23.9 Å². The largest absolute Gasteiger partial charge is 0.417 e. The zero-order valence-electron chi connectivity index (χ0n) is 17.2. The third-order valence-electron chi connectivity index (χ3n) is 4.55. The van der Waals surface area contributed by atoms with Crippen LogP contribution in [0.25, 0.3) is 11.4 Å². The number of hydrogen-bond acceptors (Lipinski definition) is 2. The van der Waals surface area contributed by atoms with Gasteiger partial charge in [0.15, 0.2) is 0 Å². The highest BCUT2D eigenvalue weighted by Gasteiger charge is 2.32. The topological polar surface area (TPSA) is 44.0 Å². The molecule has 0 unspecified atom stereocenters. The van der Waals surface area contributed by atoms with Gasteiger partial charge in [-0.05, 0) is 42.5 Å². The standard InChI is InChI=1S/C13H7F6NO.C11H9NO/c14-12(15,16)8-2-1-3-10(6-8)20-7-9(13(17,18)19)4-5-11(20)21;13-11-8-4-5-9-12(11)10-6-2-1-3-7-10/h1-7H;1-9H. The molecule has 0 saturated carbocycles. The Morgan fingerprint density at radius 2 is 1.12 bits per heavy atom. The third kappa shape index (κ3) is 6.03. The number of halogens is 6. The van der Waals surface area contributed by atoms with Gasteiger partial charge in [0.1, 0.15) is 0 Å². The fourth-order valence-electron chi connectivity index (χ4n) is 2.92. The normalized spacial score (nSPS) is 11.5. The lowest BCUT2D eigenvalue weighted by Gasteiger charge is -2.12. The summed E-state index contributed by atoms with van der Waals surface area (Å²) < 4.78 is 77.7. The predicted octanol–water partition coefficient (Wildman–Crippen LogP) is 5.71. The lowest BCUT2D eigenvalue weighted by atomic mass is 10.2. The summed E-state index contributed by atoms with van der Waals surface area (Å²) in [7, 11) is 0. The van der Waals surface area contributed by atoms with Gasteiger partial charge in [0.2, 0.25) is 0 Å². The highest BCUT2D eigenvalue weighted by Crippen LogP contribution is 2.31. The second kappa shape index (κ2) is 9.82. The van der Waals surface area contributed by atoms with Crippen molar-refractivity contribution < 1.29 is 26.3 Å². The van der Waals surface area contributed by atoms with E-state index in [1.54, 1.807) is 22.9 Å². The highest BCUT2D eigenvalue weighted by atomic mass is 19.4. The SMILES string of the molecule is O=c1ccc(C(F)(F)F)cn1-c1cccc(C(F)(F)F)c1.O=c1ccccn1-c1ccccc1. The number of para-hydroxylation sites is 1. The molecule has 0 radical (unpaired) electrons. The van der Waals surface area contributed by atoms with Crippen LogP contribution in [0.2, 0.25) is 0 Å². The fraction of sp³-hybridized carbons (Fsp3) is 0.0833. The van der Waals surface area contributed by atoms with Gasteiger partial charge in [-0.2, -0.15) is 26.3 Å². The van der Waals surface area contributed by atoms with Crippen molar-refractivity contribution in [3.8, 4) is 11.4 Å². The number of hydrogen-bond donors (Lipinski definition) is 0. The molecule has 4 aromatic rings. The van der Waals surface area contributed by atoms with Crippen LogP contribution in [0.1, 0.15) is 11.1 Å². The maximum Gasteiger partial charge on any atom is 0.417 e. The van der Waals surface area contributed by atoms with Gasteiger partial charge in [-0.1, -0.05) is 30.3 Å². The molecular weight excluding hydrogens is 462 g/mol. The van der Waals surface area contributed by atoms with Gasteiger partial charge in [0, 0.05) is 35.9 Å². The molecule has 0 bridgehead atoms. The Hall–Kier alpha value is -4.08. The Kier molecular flexibility index (Phi) is 7.09. The van der Waals surface area contributed by atoms with E-state index in [-0.39, 0.29) is 11.2 Å². The molecule has 0 amide bonds. The lowest BCUT2D eigenvalue weighted by Crippen LogP contribution is -2.20. The molecule has 34 heavy (non-hydrogen) atoms. The minimum Gasteiger partial charge on any atom is -0.284 e. The van der Waals surface area contributed by atoms with Crippen LogP contribution in [0.3, 0.4) is 0 Å². The van der Waals surface area contributed by atoms with E-state index < -0.39 is 29.0 Å². The molecule has 176 valence electrons. The van der Waals surface area contributed by atoms with Crippen molar-refractivity contribution in [2.24, 2.45) is 0 Å². The van der Waals surface area contributed by atoms with Crippen molar-refractivity contribution in [3.63, 3.8) is 0 Å². The van der Waals surface area contributed by atoms with Crippen molar-refractivity contribution in [1.29, 1.82) is 0 Å². The van der Waals surface area contributed by atoms with Crippen LogP contribution in [0, 0.1) is 0 Å². The summed E-state index contributed by atoms with van der Waals surface area (Å²) in [6.45, 7) is 0. The monoisotopic (exact) mass is 478 g/mol. The van der Waals surface area contributed by atoms with Crippen LogP contribution in [-0.2, 0) is 12.4 Å². The Morgan fingerprint density at radius 3 is 1.74 bits per heavy atom. The number of rotatable bonds is 2. The van der Waals surface area contributed by atoms with Crippen LogP contribution in [0.4, 0.5) is 26.3 Å². The number of pyridine rings is 2. The number of alkyl halides is 6. The van der Waals surface area contributed by atoms with Crippen LogP contribution < -0.4 is 11.1 Å². The van der Waals surface area contributed by atoms with E-state index >= 15 is 0 Å². The average Bonchev–Trinajstić information content (AvgIpc) is 2.79. The third-order valence-corrected chi connectivity index (χ3v) is 4.55. The summed E-state index contributed by atoms with van der Waals surface area (Å²) >= 11 is 0. The van der Waals surface area contributed by atoms with Crippen LogP contribution in [0.5, 0.6) is 0 Å². The maximum absolute atomic E-state index is 12.6. The summed E-state index contributed by atoms with van der Waals surface area (Å²) in [4.78, 5) is 23.0. The Bertz CT molecular complexity index is 1370.